The van der Waals surface area contributed by atoms with Crippen LogP contribution in [0, 0.1) is 5.92 Å². The maximum Gasteiger partial charge on any atom is 0.317 e. The van der Waals surface area contributed by atoms with Crippen LogP contribution >= 0.6 is 0 Å². The highest BCUT2D eigenvalue weighted by molar-refractivity contribution is 5.74. The third-order valence-corrected chi connectivity index (χ3v) is 3.61. The topological polar surface area (TPSA) is 70.4 Å². The Morgan fingerprint density at radius 1 is 1.53 bits per heavy atom. The summed E-state index contributed by atoms with van der Waals surface area (Å²) < 4.78 is 1.76. The molecule has 0 bridgehead atoms. The van der Waals surface area contributed by atoms with Crippen LogP contribution in [-0.4, -0.2) is 52.1 Å². The van der Waals surface area contributed by atoms with Gasteiger partial charge in [0, 0.05) is 39.5 Å². The van der Waals surface area contributed by atoms with E-state index in [0.717, 1.165) is 37.9 Å². The molecule has 6 heteroatoms. The van der Waals surface area contributed by atoms with Gasteiger partial charge in [0.15, 0.2) is 0 Å². The van der Waals surface area contributed by atoms with Gasteiger partial charge in [-0.3, -0.25) is 4.68 Å². The summed E-state index contributed by atoms with van der Waals surface area (Å²) in [7, 11) is 1.88. The van der Waals surface area contributed by atoms with Gasteiger partial charge in [-0.1, -0.05) is 0 Å². The number of aliphatic hydroxyl groups excluding tert-OH is 1. The number of urea groups is 1. The lowest BCUT2D eigenvalue weighted by Gasteiger charge is -2.31. The van der Waals surface area contributed by atoms with Gasteiger partial charge in [0.1, 0.15) is 0 Å². The second-order valence-corrected chi connectivity index (χ2v) is 5.12. The molecule has 1 fully saturated rings. The molecule has 0 spiro atoms. The van der Waals surface area contributed by atoms with Crippen LogP contribution in [-0.2, 0) is 13.5 Å². The van der Waals surface area contributed by atoms with E-state index in [-0.39, 0.29) is 12.6 Å². The van der Waals surface area contributed by atoms with Gasteiger partial charge >= 0.3 is 6.03 Å². The van der Waals surface area contributed by atoms with Crippen LogP contribution in [0.2, 0.25) is 0 Å². The van der Waals surface area contributed by atoms with Crippen LogP contribution in [0.3, 0.4) is 0 Å². The molecule has 0 unspecified atom stereocenters. The van der Waals surface area contributed by atoms with Gasteiger partial charge in [0.2, 0.25) is 0 Å². The molecule has 106 valence electrons. The summed E-state index contributed by atoms with van der Waals surface area (Å²) in [5.74, 6) is 0.361. The van der Waals surface area contributed by atoms with Crippen LogP contribution < -0.4 is 5.32 Å². The molecule has 2 amide bonds. The summed E-state index contributed by atoms with van der Waals surface area (Å²) in [6.45, 7) is 2.34. The fourth-order valence-electron chi connectivity index (χ4n) is 2.35. The Hall–Kier alpha value is -1.56. The third-order valence-electron chi connectivity index (χ3n) is 3.61. The van der Waals surface area contributed by atoms with E-state index in [0.29, 0.717) is 12.5 Å². The molecule has 1 aromatic rings. The zero-order valence-corrected chi connectivity index (χ0v) is 11.4. The van der Waals surface area contributed by atoms with Gasteiger partial charge in [0.25, 0.3) is 0 Å². The summed E-state index contributed by atoms with van der Waals surface area (Å²) in [4.78, 5) is 13.7. The minimum atomic E-state index is 0.000259. The van der Waals surface area contributed by atoms with E-state index in [1.807, 2.05) is 24.3 Å². The molecule has 2 N–H and O–H groups in total. The molecule has 6 nitrogen and oxygen atoms in total. The van der Waals surface area contributed by atoms with Crippen molar-refractivity contribution in [3.63, 3.8) is 0 Å². The zero-order chi connectivity index (χ0) is 13.7. The molecule has 0 aliphatic carbocycles. The second-order valence-electron chi connectivity index (χ2n) is 5.12. The summed E-state index contributed by atoms with van der Waals surface area (Å²) in [6.07, 6.45) is 6.36. The van der Waals surface area contributed by atoms with Gasteiger partial charge in [-0.25, -0.2) is 4.79 Å². The maximum absolute atomic E-state index is 11.9. The number of hydrogen-bond donors (Lipinski definition) is 2. The number of amides is 2. The van der Waals surface area contributed by atoms with Crippen LogP contribution in [0.15, 0.2) is 12.4 Å². The lowest BCUT2D eigenvalue weighted by Crippen LogP contribution is -2.45. The number of aryl methyl sites for hydroxylation is 1. The number of piperidine rings is 1. The number of carbonyl (C=O) groups excluding carboxylic acids is 1. The van der Waals surface area contributed by atoms with Crippen molar-refractivity contribution in [2.75, 3.05) is 26.2 Å². The van der Waals surface area contributed by atoms with Crippen molar-refractivity contribution in [1.82, 2.24) is 20.0 Å². The van der Waals surface area contributed by atoms with Gasteiger partial charge in [-0.2, -0.15) is 5.10 Å². The molecule has 1 aromatic heterocycles. The quantitative estimate of drug-likeness (QED) is 0.827. The van der Waals surface area contributed by atoms with Crippen molar-refractivity contribution in [3.8, 4) is 0 Å². The second kappa shape index (κ2) is 6.56. The number of likely N-dealkylation sites (tertiary alicyclic amines) is 1. The molecule has 0 saturated carbocycles. The number of nitrogens with one attached hydrogen (secondary N) is 1. The molecule has 1 aliphatic rings. The number of carbonyl (C=O) groups is 1. The molecule has 19 heavy (non-hydrogen) atoms. The Balaban J connectivity index is 1.67. The van der Waals surface area contributed by atoms with Crippen molar-refractivity contribution in [1.29, 1.82) is 0 Å². The predicted octanol–water partition coefficient (Wildman–Crippen LogP) is 0.377. The average Bonchev–Trinajstić information content (AvgIpc) is 2.84. The minimum Gasteiger partial charge on any atom is -0.396 e. The number of rotatable bonds is 4. The lowest BCUT2D eigenvalue weighted by molar-refractivity contribution is 0.137. The molecule has 0 radical (unpaired) electrons. The Kier molecular flexibility index (Phi) is 4.79. The van der Waals surface area contributed by atoms with Gasteiger partial charge in [-0.05, 0) is 30.7 Å². The molecule has 1 saturated heterocycles. The zero-order valence-electron chi connectivity index (χ0n) is 11.4. The van der Waals surface area contributed by atoms with E-state index in [9.17, 15) is 4.79 Å². The first kappa shape index (κ1) is 13.9. The number of aromatic nitrogens is 2. The highest BCUT2D eigenvalue weighted by Crippen LogP contribution is 2.16. The maximum atomic E-state index is 11.9. The Morgan fingerprint density at radius 2 is 2.26 bits per heavy atom. The fraction of sp³-hybridized carbons (Fsp3) is 0.692. The first-order chi connectivity index (χ1) is 9.19. The number of nitrogens with zero attached hydrogens (tertiary/aromatic N) is 3. The summed E-state index contributed by atoms with van der Waals surface area (Å²) in [5.41, 5.74) is 1.13. The standard InChI is InChI=1S/C13H22N4O2/c1-16-9-12(8-15-16)2-5-14-13(19)17-6-3-11(10-18)4-7-17/h8-9,11,18H,2-7,10H2,1H3,(H,14,19). The predicted molar refractivity (Wildman–Crippen MR) is 71.7 cm³/mol. The smallest absolute Gasteiger partial charge is 0.317 e. The van der Waals surface area contributed by atoms with Crippen LogP contribution in [0.4, 0.5) is 4.79 Å². The Labute approximate surface area is 113 Å². The summed E-state index contributed by atoms with van der Waals surface area (Å²) in [5, 5.41) is 16.1. The largest absolute Gasteiger partial charge is 0.396 e. The van der Waals surface area contributed by atoms with Gasteiger partial charge < -0.3 is 15.3 Å². The van der Waals surface area contributed by atoms with Crippen molar-refractivity contribution < 1.29 is 9.90 Å². The molecule has 0 aromatic carbocycles. The van der Waals surface area contributed by atoms with E-state index >= 15 is 0 Å². The SMILES string of the molecule is Cn1cc(CCNC(=O)N2CCC(CO)CC2)cn1. The average molecular weight is 266 g/mol. The van der Waals surface area contributed by atoms with Crippen molar-refractivity contribution in [2.24, 2.45) is 13.0 Å². The van der Waals surface area contributed by atoms with E-state index < -0.39 is 0 Å². The molecular weight excluding hydrogens is 244 g/mol. The fourth-order valence-corrected chi connectivity index (χ4v) is 2.35. The minimum absolute atomic E-state index is 0.000259. The van der Waals surface area contributed by atoms with Gasteiger partial charge in [0.05, 0.1) is 6.20 Å². The third kappa shape index (κ3) is 3.96. The van der Waals surface area contributed by atoms with E-state index in [1.165, 1.54) is 0 Å². The van der Waals surface area contributed by atoms with Crippen molar-refractivity contribution in [2.45, 2.75) is 19.3 Å². The molecular formula is C13H22N4O2. The first-order valence-electron chi connectivity index (χ1n) is 6.80. The van der Waals surface area contributed by atoms with Crippen LogP contribution in [0.25, 0.3) is 0 Å². The monoisotopic (exact) mass is 266 g/mol. The van der Waals surface area contributed by atoms with E-state index in [4.69, 9.17) is 5.11 Å². The van der Waals surface area contributed by atoms with Crippen molar-refractivity contribution in [3.05, 3.63) is 18.0 Å². The molecule has 1 aliphatic heterocycles. The van der Waals surface area contributed by atoms with Crippen LogP contribution in [0.5, 0.6) is 0 Å². The van der Waals surface area contributed by atoms with Crippen LogP contribution in [0.1, 0.15) is 18.4 Å². The number of aliphatic hydroxyl groups is 1. The normalized spacial score (nSPS) is 16.6. The van der Waals surface area contributed by atoms with E-state index in [2.05, 4.69) is 10.4 Å². The number of hydrogen-bond acceptors (Lipinski definition) is 3. The summed E-state index contributed by atoms with van der Waals surface area (Å²) >= 11 is 0. The molecule has 2 rings (SSSR count). The highest BCUT2D eigenvalue weighted by atomic mass is 16.3. The Morgan fingerprint density at radius 3 is 2.84 bits per heavy atom. The van der Waals surface area contributed by atoms with Gasteiger partial charge in [-0.15, -0.1) is 0 Å². The van der Waals surface area contributed by atoms with E-state index in [1.54, 1.807) is 4.68 Å². The Bertz CT molecular complexity index is 411. The molecule has 0 atom stereocenters. The summed E-state index contributed by atoms with van der Waals surface area (Å²) in [6, 6.07) is 0.000259. The molecule has 2 heterocycles. The lowest BCUT2D eigenvalue weighted by atomic mass is 9.98. The first-order valence-corrected chi connectivity index (χ1v) is 6.80. The highest BCUT2D eigenvalue weighted by Gasteiger charge is 2.21. The van der Waals surface area contributed by atoms with Crippen molar-refractivity contribution >= 4 is 6.03 Å².